The second-order valence-electron chi connectivity index (χ2n) is 5.11. The van der Waals surface area contributed by atoms with E-state index in [4.69, 9.17) is 10.5 Å². The standard InChI is InChI=1S/C17H17N3O/c1-11-9-13-5-8-15(21-2)10-16(13)17(20-19-11)12-3-6-14(18)7-4-12/h3-8,10H,9,18H2,1-2H3. The van der Waals surface area contributed by atoms with Crippen LogP contribution in [0.4, 0.5) is 5.69 Å². The van der Waals surface area contributed by atoms with E-state index in [1.54, 1.807) is 7.11 Å². The summed E-state index contributed by atoms with van der Waals surface area (Å²) in [5.74, 6) is 0.816. The van der Waals surface area contributed by atoms with Crippen LogP contribution in [0.25, 0.3) is 0 Å². The maximum absolute atomic E-state index is 5.76. The largest absolute Gasteiger partial charge is 0.497 e. The van der Waals surface area contributed by atoms with Crippen LogP contribution in [0.3, 0.4) is 0 Å². The molecule has 2 N–H and O–H groups in total. The van der Waals surface area contributed by atoms with Crippen molar-refractivity contribution in [1.82, 2.24) is 0 Å². The summed E-state index contributed by atoms with van der Waals surface area (Å²) < 4.78 is 5.34. The van der Waals surface area contributed by atoms with Gasteiger partial charge < -0.3 is 10.5 Å². The van der Waals surface area contributed by atoms with Crippen LogP contribution in [0.1, 0.15) is 23.6 Å². The van der Waals surface area contributed by atoms with Crippen molar-refractivity contribution in [3.63, 3.8) is 0 Å². The molecule has 0 unspecified atom stereocenters. The first kappa shape index (κ1) is 13.4. The van der Waals surface area contributed by atoms with Gasteiger partial charge in [-0.15, -0.1) is 5.10 Å². The number of benzene rings is 2. The van der Waals surface area contributed by atoms with Gasteiger partial charge in [0.05, 0.1) is 7.11 Å². The molecule has 0 bridgehead atoms. The van der Waals surface area contributed by atoms with Gasteiger partial charge in [0.25, 0.3) is 0 Å². The molecule has 2 aromatic rings. The number of ether oxygens (including phenoxy) is 1. The predicted molar refractivity (Wildman–Crippen MR) is 86.3 cm³/mol. The van der Waals surface area contributed by atoms with Gasteiger partial charge in [0.15, 0.2) is 0 Å². The molecule has 21 heavy (non-hydrogen) atoms. The van der Waals surface area contributed by atoms with Crippen LogP contribution >= 0.6 is 0 Å². The Balaban J connectivity index is 2.17. The average Bonchev–Trinajstić information content (AvgIpc) is 2.66. The fraction of sp³-hybridized carbons (Fsp3) is 0.176. The lowest BCUT2D eigenvalue weighted by molar-refractivity contribution is 0.414. The highest BCUT2D eigenvalue weighted by molar-refractivity contribution is 6.15. The third kappa shape index (κ3) is 2.65. The van der Waals surface area contributed by atoms with Crippen molar-refractivity contribution in [2.45, 2.75) is 13.3 Å². The van der Waals surface area contributed by atoms with E-state index in [9.17, 15) is 0 Å². The molecular weight excluding hydrogens is 262 g/mol. The molecule has 0 aliphatic carbocycles. The van der Waals surface area contributed by atoms with Gasteiger partial charge in [-0.1, -0.05) is 18.2 Å². The maximum atomic E-state index is 5.76. The van der Waals surface area contributed by atoms with E-state index in [2.05, 4.69) is 16.3 Å². The Morgan fingerprint density at radius 3 is 2.52 bits per heavy atom. The molecule has 1 aliphatic heterocycles. The molecule has 1 aliphatic rings. The number of hydrogen-bond donors (Lipinski definition) is 1. The number of anilines is 1. The summed E-state index contributed by atoms with van der Waals surface area (Å²) in [5, 5.41) is 8.74. The minimum Gasteiger partial charge on any atom is -0.497 e. The summed E-state index contributed by atoms with van der Waals surface area (Å²) in [4.78, 5) is 0. The fourth-order valence-corrected chi connectivity index (χ4v) is 2.41. The zero-order valence-corrected chi connectivity index (χ0v) is 12.1. The molecule has 0 amide bonds. The Labute approximate surface area is 124 Å². The molecule has 0 fully saturated rings. The van der Waals surface area contributed by atoms with Gasteiger partial charge in [0.2, 0.25) is 0 Å². The number of nitrogens with zero attached hydrogens (tertiary/aromatic N) is 2. The average molecular weight is 279 g/mol. The van der Waals surface area contributed by atoms with Crippen LogP contribution in [-0.4, -0.2) is 18.5 Å². The van der Waals surface area contributed by atoms with Crippen LogP contribution in [0.15, 0.2) is 52.7 Å². The van der Waals surface area contributed by atoms with Crippen molar-refractivity contribution in [3.05, 3.63) is 59.2 Å². The molecular formula is C17H17N3O. The summed E-state index contributed by atoms with van der Waals surface area (Å²) in [5.41, 5.74) is 11.6. The van der Waals surface area contributed by atoms with Crippen molar-refractivity contribution >= 4 is 17.1 Å². The molecule has 4 nitrogen and oxygen atoms in total. The number of methoxy groups -OCH3 is 1. The molecule has 0 atom stereocenters. The van der Waals surface area contributed by atoms with Gasteiger partial charge in [-0.25, -0.2) is 0 Å². The van der Waals surface area contributed by atoms with Gasteiger partial charge in [-0.2, -0.15) is 5.10 Å². The molecule has 0 spiro atoms. The van der Waals surface area contributed by atoms with Gasteiger partial charge in [-0.3, -0.25) is 0 Å². The van der Waals surface area contributed by atoms with E-state index >= 15 is 0 Å². The van der Waals surface area contributed by atoms with Gasteiger partial charge in [0.1, 0.15) is 11.5 Å². The Morgan fingerprint density at radius 1 is 1.05 bits per heavy atom. The summed E-state index contributed by atoms with van der Waals surface area (Å²) in [6, 6.07) is 13.7. The van der Waals surface area contributed by atoms with E-state index in [0.717, 1.165) is 40.4 Å². The Bertz CT molecular complexity index is 730. The number of rotatable bonds is 2. The third-order valence-corrected chi connectivity index (χ3v) is 3.52. The normalized spacial score (nSPS) is 13.8. The highest BCUT2D eigenvalue weighted by Gasteiger charge is 2.16. The van der Waals surface area contributed by atoms with Gasteiger partial charge in [0, 0.05) is 28.9 Å². The first-order valence-electron chi connectivity index (χ1n) is 6.81. The molecule has 0 radical (unpaired) electrons. The Kier molecular flexibility index (Phi) is 3.44. The van der Waals surface area contributed by atoms with Gasteiger partial charge >= 0.3 is 0 Å². The van der Waals surface area contributed by atoms with E-state index in [1.807, 2.05) is 43.3 Å². The van der Waals surface area contributed by atoms with Crippen LogP contribution in [0, 0.1) is 0 Å². The number of fused-ring (bicyclic) bond motifs is 1. The molecule has 1 heterocycles. The van der Waals surface area contributed by atoms with Crippen molar-refractivity contribution in [3.8, 4) is 5.75 Å². The minimum absolute atomic E-state index is 0.735. The second kappa shape index (κ2) is 5.40. The highest BCUT2D eigenvalue weighted by atomic mass is 16.5. The summed E-state index contributed by atoms with van der Waals surface area (Å²) in [6.07, 6.45) is 0.793. The van der Waals surface area contributed by atoms with Crippen molar-refractivity contribution in [2.24, 2.45) is 10.2 Å². The Hall–Kier alpha value is -2.62. The molecule has 0 saturated carbocycles. The van der Waals surface area contributed by atoms with Crippen molar-refractivity contribution in [1.29, 1.82) is 0 Å². The SMILES string of the molecule is COc1ccc2c(c1)C(c1ccc(N)cc1)=NN=C(C)C2. The van der Waals surface area contributed by atoms with Crippen molar-refractivity contribution in [2.75, 3.05) is 12.8 Å². The zero-order valence-electron chi connectivity index (χ0n) is 12.1. The maximum Gasteiger partial charge on any atom is 0.119 e. The molecule has 4 heteroatoms. The lowest BCUT2D eigenvalue weighted by Gasteiger charge is -2.11. The molecule has 2 aromatic carbocycles. The molecule has 106 valence electrons. The first-order valence-corrected chi connectivity index (χ1v) is 6.81. The van der Waals surface area contributed by atoms with E-state index < -0.39 is 0 Å². The lowest BCUT2D eigenvalue weighted by atomic mass is 9.95. The second-order valence-corrected chi connectivity index (χ2v) is 5.11. The monoisotopic (exact) mass is 279 g/mol. The zero-order chi connectivity index (χ0) is 14.8. The van der Waals surface area contributed by atoms with Crippen LogP contribution in [0.5, 0.6) is 5.75 Å². The van der Waals surface area contributed by atoms with Crippen LogP contribution in [0.2, 0.25) is 0 Å². The number of hydrogen-bond acceptors (Lipinski definition) is 4. The smallest absolute Gasteiger partial charge is 0.119 e. The molecule has 0 aromatic heterocycles. The fourth-order valence-electron chi connectivity index (χ4n) is 2.41. The molecule has 0 saturated heterocycles. The first-order chi connectivity index (χ1) is 10.2. The van der Waals surface area contributed by atoms with Crippen molar-refractivity contribution < 1.29 is 4.74 Å². The van der Waals surface area contributed by atoms with Crippen LogP contribution in [-0.2, 0) is 6.42 Å². The Morgan fingerprint density at radius 2 is 1.81 bits per heavy atom. The van der Waals surface area contributed by atoms with E-state index in [-0.39, 0.29) is 0 Å². The quantitative estimate of drug-likeness (QED) is 0.859. The summed E-state index contributed by atoms with van der Waals surface area (Å²) in [6.45, 7) is 1.99. The number of nitrogens with two attached hydrogens (primary N) is 1. The summed E-state index contributed by atoms with van der Waals surface area (Å²) in [7, 11) is 1.67. The number of nitrogen functional groups attached to an aromatic ring is 1. The van der Waals surface area contributed by atoms with E-state index in [1.165, 1.54) is 5.56 Å². The topological polar surface area (TPSA) is 60.0 Å². The van der Waals surface area contributed by atoms with E-state index in [0.29, 0.717) is 0 Å². The van der Waals surface area contributed by atoms with Crippen LogP contribution < -0.4 is 10.5 Å². The lowest BCUT2D eigenvalue weighted by Crippen LogP contribution is -2.07. The third-order valence-electron chi connectivity index (χ3n) is 3.52. The van der Waals surface area contributed by atoms with Gasteiger partial charge in [-0.05, 0) is 36.8 Å². The minimum atomic E-state index is 0.735. The summed E-state index contributed by atoms with van der Waals surface area (Å²) >= 11 is 0. The highest BCUT2D eigenvalue weighted by Crippen LogP contribution is 2.24. The molecule has 3 rings (SSSR count). The predicted octanol–water partition coefficient (Wildman–Crippen LogP) is 3.05.